The van der Waals surface area contributed by atoms with Crippen molar-refractivity contribution in [3.8, 4) is 5.75 Å². The largest absolute Gasteiger partial charge is 0.482 e. The molecule has 0 spiro atoms. The molecule has 168 valence electrons. The van der Waals surface area contributed by atoms with Crippen LogP contribution in [0.25, 0.3) is 0 Å². The van der Waals surface area contributed by atoms with Gasteiger partial charge in [-0.25, -0.2) is 9.79 Å². The number of para-hydroxylation sites is 1. The van der Waals surface area contributed by atoms with Crippen molar-refractivity contribution in [1.29, 1.82) is 0 Å². The van der Waals surface area contributed by atoms with Crippen molar-refractivity contribution in [2.24, 2.45) is 10.7 Å². The summed E-state index contributed by atoms with van der Waals surface area (Å²) >= 11 is 0. The molecule has 0 aromatic heterocycles. The highest BCUT2D eigenvalue weighted by Gasteiger charge is 2.10. The number of amides is 2. The number of aliphatic imine (C=N–C) groups is 1. The molecule has 0 saturated carbocycles. The molecule has 0 radical (unpaired) electrons. The molecule has 9 nitrogen and oxygen atoms in total. The summed E-state index contributed by atoms with van der Waals surface area (Å²) in [6.45, 7) is -0.235. The summed E-state index contributed by atoms with van der Waals surface area (Å²) in [5, 5.41) is 0. The minimum atomic E-state index is -0.515. The second kappa shape index (κ2) is 11.1. The molecular weight excluding hydrogens is 424 g/mol. The van der Waals surface area contributed by atoms with E-state index in [-0.39, 0.29) is 6.61 Å². The quantitative estimate of drug-likeness (QED) is 0.221. The fourth-order valence-corrected chi connectivity index (χ4v) is 2.66. The lowest BCUT2D eigenvalue weighted by Crippen LogP contribution is -2.41. The molecule has 0 aliphatic heterocycles. The first kappa shape index (κ1) is 23.0. The van der Waals surface area contributed by atoms with E-state index in [9.17, 15) is 14.4 Å². The molecule has 2 amide bonds. The van der Waals surface area contributed by atoms with Gasteiger partial charge in [0.2, 0.25) is 0 Å². The van der Waals surface area contributed by atoms with E-state index >= 15 is 0 Å². The van der Waals surface area contributed by atoms with E-state index in [0.717, 1.165) is 5.69 Å². The first-order valence-corrected chi connectivity index (χ1v) is 9.86. The van der Waals surface area contributed by atoms with Gasteiger partial charge in [-0.15, -0.1) is 0 Å². The van der Waals surface area contributed by atoms with Crippen LogP contribution in [0.1, 0.15) is 26.3 Å². The van der Waals surface area contributed by atoms with Gasteiger partial charge >= 0.3 is 5.97 Å². The Morgan fingerprint density at radius 1 is 0.788 bits per heavy atom. The minimum absolute atomic E-state index is 0.235. The number of benzene rings is 3. The van der Waals surface area contributed by atoms with Gasteiger partial charge in [-0.3, -0.25) is 20.4 Å². The molecule has 3 rings (SSSR count). The monoisotopic (exact) mass is 446 g/mol. The van der Waals surface area contributed by atoms with E-state index in [4.69, 9.17) is 10.5 Å². The minimum Gasteiger partial charge on any atom is -0.482 e. The Morgan fingerprint density at radius 2 is 1.30 bits per heavy atom. The van der Waals surface area contributed by atoms with Crippen molar-refractivity contribution in [3.63, 3.8) is 0 Å². The van der Waals surface area contributed by atoms with Gasteiger partial charge in [0.25, 0.3) is 11.8 Å². The van der Waals surface area contributed by atoms with Crippen molar-refractivity contribution in [2.75, 3.05) is 13.7 Å². The first-order chi connectivity index (χ1) is 16.0. The average Bonchev–Trinajstić information content (AvgIpc) is 2.86. The third-order valence-corrected chi connectivity index (χ3v) is 4.44. The number of esters is 1. The van der Waals surface area contributed by atoms with Crippen molar-refractivity contribution in [1.82, 2.24) is 10.9 Å². The Labute approximate surface area is 190 Å². The smallest absolute Gasteiger partial charge is 0.343 e. The van der Waals surface area contributed by atoms with Crippen molar-refractivity contribution < 1.29 is 23.9 Å². The normalized spacial score (nSPS) is 10.8. The molecular formula is C24H22N4O5. The van der Waals surface area contributed by atoms with Gasteiger partial charge in [-0.2, -0.15) is 0 Å². The van der Waals surface area contributed by atoms with Gasteiger partial charge in [0.1, 0.15) is 11.6 Å². The van der Waals surface area contributed by atoms with Crippen molar-refractivity contribution in [3.05, 3.63) is 95.6 Å². The third kappa shape index (κ3) is 6.66. The lowest BCUT2D eigenvalue weighted by molar-refractivity contribution is -0.142. The summed E-state index contributed by atoms with van der Waals surface area (Å²) in [7, 11) is 1.26. The highest BCUT2D eigenvalue weighted by molar-refractivity contribution is 6.01. The highest BCUT2D eigenvalue weighted by atomic mass is 16.6. The van der Waals surface area contributed by atoms with Gasteiger partial charge in [-0.05, 0) is 48.5 Å². The maximum absolute atomic E-state index is 12.3. The number of hydrogen-bond donors (Lipinski definition) is 3. The molecule has 0 aliphatic carbocycles. The number of methoxy groups -OCH3 is 1. The summed E-state index contributed by atoms with van der Waals surface area (Å²) < 4.78 is 9.70. The van der Waals surface area contributed by atoms with Gasteiger partial charge in [0.15, 0.2) is 6.61 Å². The molecule has 9 heteroatoms. The molecule has 0 saturated heterocycles. The maximum Gasteiger partial charge on any atom is 0.343 e. The van der Waals surface area contributed by atoms with E-state index in [1.807, 2.05) is 30.3 Å². The summed E-state index contributed by atoms with van der Waals surface area (Å²) in [6, 6.07) is 21.8. The highest BCUT2D eigenvalue weighted by Crippen LogP contribution is 2.13. The van der Waals surface area contributed by atoms with Crippen molar-refractivity contribution >= 4 is 29.3 Å². The molecule has 3 aromatic rings. The number of rotatable bonds is 7. The van der Waals surface area contributed by atoms with E-state index in [2.05, 4.69) is 20.6 Å². The Kier molecular flexibility index (Phi) is 7.74. The van der Waals surface area contributed by atoms with Crippen LogP contribution >= 0.6 is 0 Å². The molecule has 0 unspecified atom stereocenters. The Balaban J connectivity index is 1.53. The van der Waals surface area contributed by atoms with Crippen LogP contribution in [-0.4, -0.2) is 37.3 Å². The van der Waals surface area contributed by atoms with Gasteiger partial charge in [0.05, 0.1) is 12.8 Å². The summed E-state index contributed by atoms with van der Waals surface area (Å²) in [5.41, 5.74) is 12.7. The van der Waals surface area contributed by atoms with Crippen LogP contribution in [-0.2, 0) is 9.53 Å². The second-order valence-corrected chi connectivity index (χ2v) is 6.71. The van der Waals surface area contributed by atoms with Gasteiger partial charge < -0.3 is 15.2 Å². The van der Waals surface area contributed by atoms with E-state index in [1.165, 1.54) is 31.4 Å². The first-order valence-electron chi connectivity index (χ1n) is 9.86. The lowest BCUT2D eigenvalue weighted by Gasteiger charge is -2.09. The van der Waals surface area contributed by atoms with Gasteiger partial charge in [0, 0.05) is 16.7 Å². The summed E-state index contributed by atoms with van der Waals surface area (Å²) in [6.07, 6.45) is 0. The number of ether oxygens (including phenoxy) is 2. The number of carbonyl (C=O) groups is 3. The number of hydrogen-bond acceptors (Lipinski definition) is 6. The van der Waals surface area contributed by atoms with Crippen LogP contribution in [0.3, 0.4) is 0 Å². The van der Waals surface area contributed by atoms with E-state index in [1.54, 1.807) is 24.3 Å². The van der Waals surface area contributed by atoms with Crippen LogP contribution in [0, 0.1) is 0 Å². The Hall–Kier alpha value is -4.66. The van der Waals surface area contributed by atoms with Crippen LogP contribution < -0.4 is 21.3 Å². The molecule has 0 atom stereocenters. The zero-order valence-corrected chi connectivity index (χ0v) is 17.8. The Bertz CT molecular complexity index is 1140. The topological polar surface area (TPSA) is 132 Å². The number of hydrazine groups is 1. The summed E-state index contributed by atoms with van der Waals surface area (Å²) in [4.78, 5) is 40.0. The van der Waals surface area contributed by atoms with Crippen LogP contribution in [0.4, 0.5) is 5.69 Å². The number of nitrogens with one attached hydrogen (secondary N) is 2. The third-order valence-electron chi connectivity index (χ3n) is 4.44. The zero-order valence-electron chi connectivity index (χ0n) is 17.8. The Morgan fingerprint density at radius 3 is 1.85 bits per heavy atom. The molecule has 0 bridgehead atoms. The number of amidine groups is 1. The molecule has 0 heterocycles. The standard InChI is InChI=1S/C24H22N4O5/c1-32-21(29)15-33-20-13-11-18(12-14-20)24(31)28-27-23(30)17-9-7-16(8-10-17)22(25)26-19-5-3-2-4-6-19/h2-14H,15H2,1H3,(H2,25,26)(H,27,30)(H,28,31). The van der Waals surface area contributed by atoms with Crippen LogP contribution in [0.15, 0.2) is 83.9 Å². The molecule has 3 aromatic carbocycles. The lowest BCUT2D eigenvalue weighted by atomic mass is 10.1. The van der Waals surface area contributed by atoms with Gasteiger partial charge in [-0.1, -0.05) is 30.3 Å². The zero-order chi connectivity index (χ0) is 23.6. The molecule has 33 heavy (non-hydrogen) atoms. The predicted molar refractivity (Wildman–Crippen MR) is 122 cm³/mol. The van der Waals surface area contributed by atoms with Crippen LogP contribution in [0.2, 0.25) is 0 Å². The summed E-state index contributed by atoms with van der Waals surface area (Å²) in [5.74, 6) is -0.805. The molecule has 4 N–H and O–H groups in total. The van der Waals surface area contributed by atoms with E-state index in [0.29, 0.717) is 28.3 Å². The number of carbonyl (C=O) groups excluding carboxylic acids is 3. The fourth-order valence-electron chi connectivity index (χ4n) is 2.66. The number of nitrogens with zero attached hydrogens (tertiary/aromatic N) is 1. The second-order valence-electron chi connectivity index (χ2n) is 6.71. The van der Waals surface area contributed by atoms with Crippen LogP contribution in [0.5, 0.6) is 5.75 Å². The van der Waals surface area contributed by atoms with Crippen molar-refractivity contribution in [2.45, 2.75) is 0 Å². The maximum atomic E-state index is 12.3. The molecule has 0 fully saturated rings. The fraction of sp³-hybridized carbons (Fsp3) is 0.0833. The number of nitrogens with two attached hydrogens (primary N) is 1. The molecule has 0 aliphatic rings. The van der Waals surface area contributed by atoms with E-state index < -0.39 is 17.8 Å². The predicted octanol–water partition coefficient (Wildman–Crippen LogP) is 2.35. The SMILES string of the molecule is COC(=O)COc1ccc(C(=O)NNC(=O)c2ccc(C(N)=Nc3ccccc3)cc2)cc1. The average molecular weight is 446 g/mol.